The Bertz CT molecular complexity index is 771. The van der Waals surface area contributed by atoms with Crippen LogP contribution in [0.2, 0.25) is 0 Å². The van der Waals surface area contributed by atoms with Crippen molar-refractivity contribution in [1.82, 2.24) is 15.6 Å². The molecule has 23 heavy (non-hydrogen) atoms. The number of hydrogen-bond acceptors (Lipinski definition) is 8. The number of hydrogen-bond donors (Lipinski definition) is 2. The maximum Gasteiger partial charge on any atom is 0.270 e. The number of aromatic nitrogens is 2. The summed E-state index contributed by atoms with van der Waals surface area (Å²) >= 11 is 1.13. The van der Waals surface area contributed by atoms with Gasteiger partial charge in [-0.3, -0.25) is 14.9 Å². The fourth-order valence-electron chi connectivity index (χ4n) is 1.56. The molecule has 118 valence electrons. The number of nitro benzene ring substituents is 1. The van der Waals surface area contributed by atoms with Crippen molar-refractivity contribution in [2.24, 2.45) is 5.10 Å². The van der Waals surface area contributed by atoms with Crippen molar-refractivity contribution >= 4 is 40.4 Å². The maximum absolute atomic E-state index is 11.5. The number of nitrogens with one attached hydrogen (secondary N) is 1. The van der Waals surface area contributed by atoms with E-state index in [1.807, 2.05) is 0 Å². The predicted molar refractivity (Wildman–Crippen MR) is 86.8 cm³/mol. The number of rotatable bonds is 6. The van der Waals surface area contributed by atoms with Gasteiger partial charge in [0.1, 0.15) is 5.01 Å². The Morgan fingerprint density at radius 2 is 2.30 bits per heavy atom. The van der Waals surface area contributed by atoms with Gasteiger partial charge in [0.2, 0.25) is 11.0 Å². The molecule has 2 aromatic rings. The lowest BCUT2D eigenvalue weighted by atomic mass is 10.2. The molecule has 0 bridgehead atoms. The van der Waals surface area contributed by atoms with E-state index in [4.69, 9.17) is 5.73 Å². The Hall–Kier alpha value is -3.14. The summed E-state index contributed by atoms with van der Waals surface area (Å²) in [5.74, 6) is -0.346. The van der Waals surface area contributed by atoms with E-state index in [1.165, 1.54) is 18.3 Å². The average Bonchev–Trinajstić information content (AvgIpc) is 2.92. The van der Waals surface area contributed by atoms with Crippen LogP contribution in [-0.2, 0) is 11.2 Å². The summed E-state index contributed by atoms with van der Waals surface area (Å²) in [4.78, 5) is 21.7. The maximum atomic E-state index is 11.5. The number of nitro groups is 1. The number of amides is 1. The SMILES string of the molecule is Nc1nnc(CC(=O)N/N=C\C=C\c2cccc([N+](=O)[O-])c2)s1. The van der Waals surface area contributed by atoms with Gasteiger partial charge in [0.15, 0.2) is 0 Å². The first-order chi connectivity index (χ1) is 11.0. The standard InChI is InChI=1S/C13H12N6O3S/c14-13-18-17-12(23-13)8-11(20)16-15-6-2-4-9-3-1-5-10(7-9)19(21)22/h1-7H,8H2,(H2,14,18)(H,16,20)/b4-2+,15-6-. The molecule has 0 fully saturated rings. The molecule has 1 aromatic heterocycles. The molecule has 3 N–H and O–H groups in total. The Morgan fingerprint density at radius 3 is 3.00 bits per heavy atom. The molecule has 0 saturated heterocycles. The van der Waals surface area contributed by atoms with Gasteiger partial charge >= 0.3 is 0 Å². The van der Waals surface area contributed by atoms with Crippen LogP contribution in [0.1, 0.15) is 10.6 Å². The zero-order chi connectivity index (χ0) is 16.7. The Balaban J connectivity index is 1.83. The lowest BCUT2D eigenvalue weighted by molar-refractivity contribution is -0.384. The number of nitrogens with two attached hydrogens (primary N) is 1. The van der Waals surface area contributed by atoms with Gasteiger partial charge in [0.05, 0.1) is 11.3 Å². The smallest absolute Gasteiger partial charge is 0.270 e. The van der Waals surface area contributed by atoms with Crippen molar-refractivity contribution in [2.75, 3.05) is 5.73 Å². The van der Waals surface area contributed by atoms with Gasteiger partial charge in [0, 0.05) is 18.3 Å². The van der Waals surface area contributed by atoms with Crippen molar-refractivity contribution in [2.45, 2.75) is 6.42 Å². The second kappa shape index (κ2) is 7.75. The minimum atomic E-state index is -0.466. The van der Waals surface area contributed by atoms with Crippen LogP contribution >= 0.6 is 11.3 Å². The third kappa shape index (κ3) is 5.28. The van der Waals surface area contributed by atoms with Gasteiger partial charge in [-0.1, -0.05) is 29.5 Å². The summed E-state index contributed by atoms with van der Waals surface area (Å²) in [5.41, 5.74) is 8.40. The van der Waals surface area contributed by atoms with Crippen LogP contribution in [0.5, 0.6) is 0 Å². The third-order valence-electron chi connectivity index (χ3n) is 2.51. The number of benzene rings is 1. The van der Waals surface area contributed by atoms with Crippen LogP contribution in [0, 0.1) is 10.1 Å². The highest BCUT2D eigenvalue weighted by molar-refractivity contribution is 7.15. The highest BCUT2D eigenvalue weighted by atomic mass is 32.1. The molecule has 0 atom stereocenters. The summed E-state index contributed by atoms with van der Waals surface area (Å²) < 4.78 is 0. The number of carbonyl (C=O) groups excluding carboxylic acids is 1. The van der Waals surface area contributed by atoms with Gasteiger partial charge in [0.25, 0.3) is 5.69 Å². The molecule has 1 aromatic carbocycles. The minimum Gasteiger partial charge on any atom is -0.374 e. The van der Waals surface area contributed by atoms with E-state index < -0.39 is 4.92 Å². The molecule has 9 nitrogen and oxygen atoms in total. The summed E-state index contributed by atoms with van der Waals surface area (Å²) in [6.45, 7) is 0. The molecule has 0 saturated carbocycles. The molecule has 1 amide bonds. The Morgan fingerprint density at radius 1 is 1.48 bits per heavy atom. The van der Waals surface area contributed by atoms with Crippen molar-refractivity contribution < 1.29 is 9.72 Å². The molecule has 0 unspecified atom stereocenters. The van der Waals surface area contributed by atoms with Crippen LogP contribution in [-0.4, -0.2) is 27.2 Å². The number of carbonyl (C=O) groups is 1. The van der Waals surface area contributed by atoms with Gasteiger partial charge in [-0.15, -0.1) is 10.2 Å². The van der Waals surface area contributed by atoms with Crippen LogP contribution in [0.3, 0.4) is 0 Å². The van der Waals surface area contributed by atoms with Crippen molar-refractivity contribution in [3.63, 3.8) is 0 Å². The van der Waals surface area contributed by atoms with Gasteiger partial charge in [-0.05, 0) is 11.6 Å². The van der Waals surface area contributed by atoms with E-state index in [0.29, 0.717) is 15.7 Å². The third-order valence-corrected chi connectivity index (χ3v) is 3.27. The lowest BCUT2D eigenvalue weighted by Gasteiger charge is -1.95. The van der Waals surface area contributed by atoms with Gasteiger partial charge in [-0.25, -0.2) is 5.43 Å². The summed E-state index contributed by atoms with van der Waals surface area (Å²) in [5, 5.41) is 22.5. The van der Waals surface area contributed by atoms with Gasteiger partial charge in [-0.2, -0.15) is 5.10 Å². The van der Waals surface area contributed by atoms with E-state index in [-0.39, 0.29) is 18.0 Å². The van der Waals surface area contributed by atoms with Gasteiger partial charge < -0.3 is 5.73 Å². The first-order valence-corrected chi connectivity index (χ1v) is 7.17. The number of anilines is 1. The van der Waals surface area contributed by atoms with Crippen molar-refractivity contribution in [1.29, 1.82) is 0 Å². The quantitative estimate of drug-likeness (QED) is 0.466. The molecule has 0 radical (unpaired) electrons. The fraction of sp³-hybridized carbons (Fsp3) is 0.0769. The molecule has 1 heterocycles. The topological polar surface area (TPSA) is 136 Å². The van der Waals surface area contributed by atoms with E-state index in [1.54, 1.807) is 24.3 Å². The number of non-ortho nitro benzene ring substituents is 1. The monoisotopic (exact) mass is 332 g/mol. The van der Waals surface area contributed by atoms with Crippen LogP contribution in [0.15, 0.2) is 35.4 Å². The van der Waals surface area contributed by atoms with Crippen LogP contribution in [0.4, 0.5) is 10.8 Å². The highest BCUT2D eigenvalue weighted by Crippen LogP contribution is 2.14. The minimum absolute atomic E-state index is 0.00808. The van der Waals surface area contributed by atoms with E-state index in [2.05, 4.69) is 20.7 Å². The van der Waals surface area contributed by atoms with E-state index in [9.17, 15) is 14.9 Å². The average molecular weight is 332 g/mol. The zero-order valence-corrected chi connectivity index (χ0v) is 12.6. The molecule has 0 aliphatic rings. The highest BCUT2D eigenvalue weighted by Gasteiger charge is 2.06. The molecule has 0 aliphatic carbocycles. The fourth-order valence-corrected chi connectivity index (χ4v) is 2.17. The molecule has 10 heteroatoms. The Labute approximate surface area is 134 Å². The van der Waals surface area contributed by atoms with Crippen LogP contribution < -0.4 is 11.2 Å². The molecule has 2 rings (SSSR count). The van der Waals surface area contributed by atoms with E-state index in [0.717, 1.165) is 11.3 Å². The number of nitrogens with zero attached hydrogens (tertiary/aromatic N) is 4. The summed E-state index contributed by atoms with van der Waals surface area (Å²) in [7, 11) is 0. The first-order valence-electron chi connectivity index (χ1n) is 6.35. The molecular weight excluding hydrogens is 320 g/mol. The number of allylic oxidation sites excluding steroid dienone is 1. The Kier molecular flexibility index (Phi) is 5.47. The molecule has 0 aliphatic heterocycles. The number of nitrogen functional groups attached to an aromatic ring is 1. The molecular formula is C13H12N6O3S. The van der Waals surface area contributed by atoms with E-state index >= 15 is 0 Å². The number of hydrazone groups is 1. The van der Waals surface area contributed by atoms with Crippen LogP contribution in [0.25, 0.3) is 6.08 Å². The first kappa shape index (κ1) is 16.2. The second-order valence-corrected chi connectivity index (χ2v) is 5.33. The van der Waals surface area contributed by atoms with Crippen molar-refractivity contribution in [3.05, 3.63) is 51.0 Å². The van der Waals surface area contributed by atoms with Crippen molar-refractivity contribution in [3.8, 4) is 0 Å². The summed E-state index contributed by atoms with van der Waals surface area (Å²) in [6.07, 6.45) is 4.60. The predicted octanol–water partition coefficient (Wildman–Crippen LogP) is 1.39. The second-order valence-electron chi connectivity index (χ2n) is 4.24. The lowest BCUT2D eigenvalue weighted by Crippen LogP contribution is -2.19. The molecule has 0 spiro atoms. The summed E-state index contributed by atoms with van der Waals surface area (Å²) in [6, 6.07) is 6.15. The normalized spacial score (nSPS) is 11.1. The largest absolute Gasteiger partial charge is 0.374 e. The zero-order valence-electron chi connectivity index (χ0n) is 11.7.